The van der Waals surface area contributed by atoms with Gasteiger partial charge in [0.25, 0.3) is 0 Å². The van der Waals surface area contributed by atoms with Crippen LogP contribution in [0.5, 0.6) is 0 Å². The number of ether oxygens (including phenoxy) is 1. The minimum Gasteiger partial charge on any atom is -0.373 e. The Morgan fingerprint density at radius 1 is 1.00 bits per heavy atom. The third-order valence-electron chi connectivity index (χ3n) is 3.70. The summed E-state index contributed by atoms with van der Waals surface area (Å²) in [5, 5.41) is 0.726. The van der Waals surface area contributed by atoms with Crippen molar-refractivity contribution in [2.24, 2.45) is 0 Å². The lowest BCUT2D eigenvalue weighted by molar-refractivity contribution is -0.578. The molecule has 0 spiro atoms. The molecule has 118 valence electrons. The lowest BCUT2D eigenvalue weighted by Gasteiger charge is -2.19. The fraction of sp³-hybridized carbons (Fsp3) is 0.222. The van der Waals surface area contributed by atoms with Crippen molar-refractivity contribution in [3.05, 3.63) is 64.9 Å². The first kappa shape index (κ1) is 15.7. The lowest BCUT2D eigenvalue weighted by Crippen LogP contribution is -2.55. The summed E-state index contributed by atoms with van der Waals surface area (Å²) in [6.07, 6.45) is 7.60. The number of rotatable bonds is 2. The Hall–Kier alpha value is -2.17. The van der Waals surface area contributed by atoms with E-state index in [9.17, 15) is 4.79 Å². The molecule has 5 heteroatoms. The molecular weight excluding hydrogens is 312 g/mol. The number of amides is 1. The van der Waals surface area contributed by atoms with Crippen LogP contribution in [0.25, 0.3) is 12.2 Å². The zero-order valence-electron chi connectivity index (χ0n) is 12.7. The molecule has 2 heterocycles. The first-order valence-electron chi connectivity index (χ1n) is 7.54. The van der Waals surface area contributed by atoms with E-state index in [-0.39, 0.29) is 6.03 Å². The summed E-state index contributed by atoms with van der Waals surface area (Å²) in [6, 6.07) is 11.5. The van der Waals surface area contributed by atoms with Gasteiger partial charge in [0, 0.05) is 5.02 Å². The quantitative estimate of drug-likeness (QED) is 0.793. The minimum atomic E-state index is -0.0125. The Kier molecular flexibility index (Phi) is 5.05. The second-order valence-corrected chi connectivity index (χ2v) is 5.74. The number of hydrogen-bond acceptors (Lipinski definition) is 2. The van der Waals surface area contributed by atoms with Crippen molar-refractivity contribution < 1.29 is 14.1 Å². The van der Waals surface area contributed by atoms with E-state index in [2.05, 4.69) is 0 Å². The van der Waals surface area contributed by atoms with Crippen molar-refractivity contribution in [3.8, 4) is 0 Å². The van der Waals surface area contributed by atoms with E-state index in [1.165, 1.54) is 0 Å². The van der Waals surface area contributed by atoms with Gasteiger partial charge in [-0.2, -0.15) is 9.36 Å². The molecule has 0 aliphatic carbocycles. The van der Waals surface area contributed by atoms with Gasteiger partial charge in [0.05, 0.1) is 25.6 Å². The smallest absolute Gasteiger partial charge is 0.373 e. The van der Waals surface area contributed by atoms with E-state index in [1.54, 1.807) is 21.9 Å². The zero-order chi connectivity index (χ0) is 16.1. The van der Waals surface area contributed by atoms with Gasteiger partial charge in [-0.25, -0.2) is 4.90 Å². The SMILES string of the molecule is O=C(N1CCOCC1)[n+]1ccc(/C=C/c2ccc(Cl)cc2)cc1. The molecule has 1 aromatic heterocycles. The van der Waals surface area contributed by atoms with Crippen LogP contribution in [0.1, 0.15) is 11.1 Å². The predicted molar refractivity (Wildman–Crippen MR) is 90.2 cm³/mol. The molecule has 0 N–H and O–H groups in total. The average Bonchev–Trinajstić information content (AvgIpc) is 2.62. The summed E-state index contributed by atoms with van der Waals surface area (Å²) in [7, 11) is 0. The molecule has 1 aliphatic heterocycles. The van der Waals surface area contributed by atoms with Crippen molar-refractivity contribution >= 4 is 29.8 Å². The maximum absolute atomic E-state index is 12.3. The number of nitrogens with zero attached hydrogens (tertiary/aromatic N) is 2. The van der Waals surface area contributed by atoms with E-state index in [0.717, 1.165) is 16.1 Å². The number of morpholine rings is 1. The van der Waals surface area contributed by atoms with Crippen molar-refractivity contribution in [2.45, 2.75) is 0 Å². The Bertz CT molecular complexity index is 690. The van der Waals surface area contributed by atoms with Crippen LogP contribution in [0.2, 0.25) is 5.02 Å². The van der Waals surface area contributed by atoms with Crippen LogP contribution in [-0.2, 0) is 4.74 Å². The van der Waals surface area contributed by atoms with E-state index < -0.39 is 0 Å². The molecule has 1 amide bonds. The van der Waals surface area contributed by atoms with Gasteiger partial charge < -0.3 is 4.74 Å². The van der Waals surface area contributed by atoms with Gasteiger partial charge in [-0.1, -0.05) is 35.9 Å². The summed E-state index contributed by atoms with van der Waals surface area (Å²) >= 11 is 5.87. The molecule has 1 aromatic carbocycles. The number of carbonyl (C=O) groups is 1. The Morgan fingerprint density at radius 2 is 1.57 bits per heavy atom. The van der Waals surface area contributed by atoms with Crippen molar-refractivity contribution in [2.75, 3.05) is 26.3 Å². The van der Waals surface area contributed by atoms with Crippen molar-refractivity contribution in [1.82, 2.24) is 4.90 Å². The van der Waals surface area contributed by atoms with Crippen molar-refractivity contribution in [1.29, 1.82) is 0 Å². The number of halogens is 1. The largest absolute Gasteiger partial charge is 0.498 e. The summed E-state index contributed by atoms with van der Waals surface area (Å²) in [6.45, 7) is 2.50. The summed E-state index contributed by atoms with van der Waals surface area (Å²) in [5.74, 6) is 0. The number of benzene rings is 1. The fourth-order valence-corrected chi connectivity index (χ4v) is 2.49. The molecule has 0 saturated carbocycles. The Balaban J connectivity index is 1.66. The molecule has 23 heavy (non-hydrogen) atoms. The highest BCUT2D eigenvalue weighted by atomic mass is 35.5. The fourth-order valence-electron chi connectivity index (χ4n) is 2.36. The molecule has 4 nitrogen and oxygen atoms in total. The van der Waals surface area contributed by atoms with Crippen LogP contribution < -0.4 is 4.57 Å². The maximum Gasteiger partial charge on any atom is 0.498 e. The maximum atomic E-state index is 12.3. The normalized spacial score (nSPS) is 15.1. The molecular formula is C18H18ClN2O2+. The molecule has 1 saturated heterocycles. The molecule has 0 atom stereocenters. The van der Waals surface area contributed by atoms with Crippen LogP contribution in [0.4, 0.5) is 4.79 Å². The van der Waals surface area contributed by atoms with Crippen LogP contribution >= 0.6 is 11.6 Å². The molecule has 0 radical (unpaired) electrons. The van der Waals surface area contributed by atoms with Gasteiger partial charge in [0.15, 0.2) is 0 Å². The second kappa shape index (κ2) is 7.40. The summed E-state index contributed by atoms with van der Waals surface area (Å²) < 4.78 is 6.87. The Labute approximate surface area is 140 Å². The zero-order valence-corrected chi connectivity index (χ0v) is 13.4. The third-order valence-corrected chi connectivity index (χ3v) is 3.95. The molecule has 3 rings (SSSR count). The van der Waals surface area contributed by atoms with E-state index in [0.29, 0.717) is 26.3 Å². The lowest BCUT2D eigenvalue weighted by atomic mass is 10.1. The minimum absolute atomic E-state index is 0.0125. The van der Waals surface area contributed by atoms with E-state index >= 15 is 0 Å². The molecule has 0 bridgehead atoms. The monoisotopic (exact) mass is 329 g/mol. The molecule has 2 aromatic rings. The Morgan fingerprint density at radius 3 is 2.17 bits per heavy atom. The number of pyridine rings is 1. The van der Waals surface area contributed by atoms with Gasteiger partial charge in [-0.3, -0.25) is 0 Å². The highest BCUT2D eigenvalue weighted by molar-refractivity contribution is 6.30. The van der Waals surface area contributed by atoms with Gasteiger partial charge in [-0.05, 0) is 35.4 Å². The van der Waals surface area contributed by atoms with E-state index in [4.69, 9.17) is 16.3 Å². The van der Waals surface area contributed by atoms with Crippen LogP contribution in [-0.4, -0.2) is 37.2 Å². The molecule has 1 fully saturated rings. The van der Waals surface area contributed by atoms with E-state index in [1.807, 2.05) is 48.6 Å². The highest BCUT2D eigenvalue weighted by Crippen LogP contribution is 2.12. The molecule has 0 unspecified atom stereocenters. The van der Waals surface area contributed by atoms with Crippen molar-refractivity contribution in [3.63, 3.8) is 0 Å². The number of aromatic nitrogens is 1. The van der Waals surface area contributed by atoms with Gasteiger partial charge >= 0.3 is 6.03 Å². The van der Waals surface area contributed by atoms with Gasteiger partial charge in [0.2, 0.25) is 0 Å². The predicted octanol–water partition coefficient (Wildman–Crippen LogP) is 3.10. The second-order valence-electron chi connectivity index (χ2n) is 5.31. The first-order valence-corrected chi connectivity index (χ1v) is 7.92. The highest BCUT2D eigenvalue weighted by Gasteiger charge is 2.26. The summed E-state index contributed by atoms with van der Waals surface area (Å²) in [5.41, 5.74) is 2.11. The van der Waals surface area contributed by atoms with Gasteiger partial charge in [0.1, 0.15) is 13.1 Å². The summed E-state index contributed by atoms with van der Waals surface area (Å²) in [4.78, 5) is 14.1. The standard InChI is InChI=1S/C18H18ClN2O2/c19-17-5-3-15(4-6-17)1-2-16-7-9-20(10-8-16)18(22)21-11-13-23-14-12-21/h1-10H,11-14H2/q+1/b2-1+. The third kappa shape index (κ3) is 4.18. The van der Waals surface area contributed by atoms with Crippen LogP contribution in [0, 0.1) is 0 Å². The first-order chi connectivity index (χ1) is 11.2. The number of carbonyl (C=O) groups excluding carboxylic acids is 1. The van der Waals surface area contributed by atoms with Gasteiger partial charge in [-0.15, -0.1) is 0 Å². The van der Waals surface area contributed by atoms with Crippen LogP contribution in [0.15, 0.2) is 48.8 Å². The molecule has 1 aliphatic rings. The number of hydrogen-bond donors (Lipinski definition) is 0. The van der Waals surface area contributed by atoms with Crippen LogP contribution in [0.3, 0.4) is 0 Å². The topological polar surface area (TPSA) is 33.4 Å². The average molecular weight is 330 g/mol.